The SMILES string of the molecule is CC(C)(O)C(C)(C)O[B]c1cccc2sc3cc4ccc5ccccc5c4cc3c12. The summed E-state index contributed by atoms with van der Waals surface area (Å²) in [5.74, 6) is 0. The predicted molar refractivity (Wildman–Crippen MR) is 131 cm³/mol. The number of fused-ring (bicyclic) bond motifs is 6. The van der Waals surface area contributed by atoms with Gasteiger partial charge in [0.05, 0.1) is 11.2 Å². The van der Waals surface area contributed by atoms with E-state index >= 15 is 0 Å². The molecule has 0 fully saturated rings. The standard InChI is InChI=1S/C26H24BO2S/c1-25(2,28)26(3,4)29-27-21-10-7-11-22-24(21)20-15-19-17(14-23(20)30-22)13-12-16-8-5-6-9-18(16)19/h5-15,28H,1-4H3. The zero-order chi connectivity index (χ0) is 21.1. The molecule has 1 aromatic heterocycles. The monoisotopic (exact) mass is 411 g/mol. The molecule has 0 spiro atoms. The molecule has 149 valence electrons. The van der Waals surface area contributed by atoms with Crippen LogP contribution in [0.1, 0.15) is 27.7 Å². The first-order valence-electron chi connectivity index (χ1n) is 10.2. The predicted octanol–water partition coefficient (Wildman–Crippen LogP) is 6.17. The van der Waals surface area contributed by atoms with Gasteiger partial charge in [-0.05, 0) is 78.3 Å². The van der Waals surface area contributed by atoms with E-state index < -0.39 is 11.2 Å². The van der Waals surface area contributed by atoms with Crippen molar-refractivity contribution < 1.29 is 9.76 Å². The van der Waals surface area contributed by atoms with Gasteiger partial charge in [0.2, 0.25) is 0 Å². The molecule has 0 saturated heterocycles. The Morgan fingerprint density at radius 1 is 0.767 bits per heavy atom. The van der Waals surface area contributed by atoms with Crippen LogP contribution in [0.25, 0.3) is 41.7 Å². The zero-order valence-electron chi connectivity index (χ0n) is 17.7. The minimum Gasteiger partial charge on any atom is -0.427 e. The van der Waals surface area contributed by atoms with Crippen molar-refractivity contribution in [2.24, 2.45) is 0 Å². The van der Waals surface area contributed by atoms with Crippen molar-refractivity contribution in [1.82, 2.24) is 0 Å². The number of hydrogen-bond donors (Lipinski definition) is 1. The van der Waals surface area contributed by atoms with Gasteiger partial charge in [-0.2, -0.15) is 0 Å². The molecule has 0 unspecified atom stereocenters. The Morgan fingerprint density at radius 3 is 2.33 bits per heavy atom. The summed E-state index contributed by atoms with van der Waals surface area (Å²) in [4.78, 5) is 0. The van der Waals surface area contributed by atoms with Gasteiger partial charge in [0.1, 0.15) is 0 Å². The van der Waals surface area contributed by atoms with E-state index in [2.05, 4.69) is 66.7 Å². The van der Waals surface area contributed by atoms with Crippen molar-refractivity contribution in [3.63, 3.8) is 0 Å². The van der Waals surface area contributed by atoms with E-state index in [0.29, 0.717) is 0 Å². The van der Waals surface area contributed by atoms with E-state index in [9.17, 15) is 5.11 Å². The van der Waals surface area contributed by atoms with Crippen molar-refractivity contribution in [3.8, 4) is 0 Å². The highest BCUT2D eigenvalue weighted by molar-refractivity contribution is 7.26. The Bertz CT molecular complexity index is 1410. The smallest absolute Gasteiger partial charge is 0.331 e. The fraction of sp³-hybridized carbons (Fsp3) is 0.231. The Kier molecular flexibility index (Phi) is 4.44. The maximum absolute atomic E-state index is 10.4. The average Bonchev–Trinajstić information content (AvgIpc) is 3.08. The molecule has 1 heterocycles. The minimum absolute atomic E-state index is 0.704. The highest BCUT2D eigenvalue weighted by Crippen LogP contribution is 2.37. The van der Waals surface area contributed by atoms with Gasteiger partial charge in [-0.25, -0.2) is 0 Å². The molecule has 0 bridgehead atoms. The first-order valence-corrected chi connectivity index (χ1v) is 11.1. The number of aliphatic hydroxyl groups is 1. The summed E-state index contributed by atoms with van der Waals surface area (Å²) in [6.07, 6.45) is 0. The second-order valence-electron chi connectivity index (χ2n) is 8.98. The largest absolute Gasteiger partial charge is 0.427 e. The summed E-state index contributed by atoms with van der Waals surface area (Å²) >= 11 is 1.81. The van der Waals surface area contributed by atoms with E-state index in [1.165, 1.54) is 41.7 Å². The van der Waals surface area contributed by atoms with Gasteiger partial charge in [0.15, 0.2) is 0 Å². The van der Waals surface area contributed by atoms with Gasteiger partial charge >= 0.3 is 7.48 Å². The van der Waals surface area contributed by atoms with E-state index in [1.807, 2.05) is 25.2 Å². The van der Waals surface area contributed by atoms with Crippen LogP contribution in [-0.4, -0.2) is 23.8 Å². The van der Waals surface area contributed by atoms with E-state index in [4.69, 9.17) is 4.65 Å². The Morgan fingerprint density at radius 2 is 1.53 bits per heavy atom. The quantitative estimate of drug-likeness (QED) is 0.283. The lowest BCUT2D eigenvalue weighted by Crippen LogP contribution is -2.49. The lowest BCUT2D eigenvalue weighted by molar-refractivity contribution is -0.0893. The fourth-order valence-electron chi connectivity index (χ4n) is 3.81. The van der Waals surface area contributed by atoms with Gasteiger partial charge in [-0.3, -0.25) is 0 Å². The van der Waals surface area contributed by atoms with Gasteiger partial charge in [0, 0.05) is 14.8 Å². The minimum atomic E-state index is -0.955. The molecule has 0 amide bonds. The summed E-state index contributed by atoms with van der Waals surface area (Å²) in [6, 6.07) is 23.9. The first-order chi connectivity index (χ1) is 14.2. The van der Waals surface area contributed by atoms with E-state index in [1.54, 1.807) is 21.3 Å². The van der Waals surface area contributed by atoms with Crippen molar-refractivity contribution in [2.45, 2.75) is 38.9 Å². The Labute approximate surface area is 181 Å². The Balaban J connectivity index is 1.71. The summed E-state index contributed by atoms with van der Waals surface area (Å²) < 4.78 is 8.61. The highest BCUT2D eigenvalue weighted by Gasteiger charge is 2.35. The van der Waals surface area contributed by atoms with Gasteiger partial charge < -0.3 is 9.76 Å². The molecular formula is C26H24BO2S. The molecule has 2 nitrogen and oxygen atoms in total. The van der Waals surface area contributed by atoms with Crippen LogP contribution < -0.4 is 5.46 Å². The van der Waals surface area contributed by atoms with Crippen LogP contribution in [0.4, 0.5) is 0 Å². The molecule has 0 aliphatic carbocycles. The van der Waals surface area contributed by atoms with Gasteiger partial charge in [0.25, 0.3) is 0 Å². The molecule has 0 saturated carbocycles. The number of hydrogen-bond acceptors (Lipinski definition) is 3. The van der Waals surface area contributed by atoms with Crippen LogP contribution >= 0.6 is 11.3 Å². The van der Waals surface area contributed by atoms with E-state index in [0.717, 1.165) is 5.46 Å². The molecule has 5 rings (SSSR count). The van der Waals surface area contributed by atoms with Crippen LogP contribution in [0.15, 0.2) is 66.7 Å². The van der Waals surface area contributed by atoms with E-state index in [-0.39, 0.29) is 0 Å². The first kappa shape index (κ1) is 19.6. The fourth-order valence-corrected chi connectivity index (χ4v) is 4.98. The lowest BCUT2D eigenvalue weighted by Gasteiger charge is -2.37. The molecule has 30 heavy (non-hydrogen) atoms. The number of rotatable bonds is 4. The second-order valence-corrected chi connectivity index (χ2v) is 10.1. The Hall–Kier alpha value is -2.40. The van der Waals surface area contributed by atoms with Crippen molar-refractivity contribution in [2.75, 3.05) is 0 Å². The van der Waals surface area contributed by atoms with Crippen LogP contribution in [0.5, 0.6) is 0 Å². The number of benzene rings is 4. The maximum Gasteiger partial charge on any atom is 0.331 e. The molecule has 4 aromatic carbocycles. The average molecular weight is 411 g/mol. The molecule has 1 N–H and O–H groups in total. The molecule has 4 heteroatoms. The summed E-state index contributed by atoms with van der Waals surface area (Å²) in [5, 5.41) is 18.0. The second kappa shape index (κ2) is 6.81. The summed E-state index contributed by atoms with van der Waals surface area (Å²) in [5.41, 5.74) is -0.622. The van der Waals surface area contributed by atoms with Crippen LogP contribution in [-0.2, 0) is 4.65 Å². The van der Waals surface area contributed by atoms with Gasteiger partial charge in [-0.1, -0.05) is 48.5 Å². The van der Waals surface area contributed by atoms with Crippen molar-refractivity contribution >= 4 is 66.0 Å². The molecule has 0 aliphatic heterocycles. The molecule has 5 aromatic rings. The molecule has 0 aliphatic rings. The maximum atomic E-state index is 10.4. The lowest BCUT2D eigenvalue weighted by atomic mass is 9.80. The number of thiophene rings is 1. The van der Waals surface area contributed by atoms with Crippen molar-refractivity contribution in [1.29, 1.82) is 0 Å². The van der Waals surface area contributed by atoms with Crippen molar-refractivity contribution in [3.05, 3.63) is 66.7 Å². The third-order valence-electron chi connectivity index (χ3n) is 6.35. The molecular weight excluding hydrogens is 387 g/mol. The van der Waals surface area contributed by atoms with Crippen LogP contribution in [0.2, 0.25) is 0 Å². The van der Waals surface area contributed by atoms with Crippen LogP contribution in [0, 0.1) is 0 Å². The third-order valence-corrected chi connectivity index (χ3v) is 7.46. The summed E-state index contributed by atoms with van der Waals surface area (Å²) in [7, 11) is 1.81. The topological polar surface area (TPSA) is 29.5 Å². The third kappa shape index (κ3) is 3.11. The molecule has 0 atom stereocenters. The molecule has 1 radical (unpaired) electrons. The summed E-state index contributed by atoms with van der Waals surface area (Å²) in [6.45, 7) is 7.38. The zero-order valence-corrected chi connectivity index (χ0v) is 18.5. The highest BCUT2D eigenvalue weighted by atomic mass is 32.1. The van der Waals surface area contributed by atoms with Gasteiger partial charge in [-0.15, -0.1) is 11.3 Å². The normalized spacial score (nSPS) is 13.0. The van der Waals surface area contributed by atoms with Crippen LogP contribution in [0.3, 0.4) is 0 Å².